The van der Waals surface area contributed by atoms with E-state index in [1.165, 1.54) is 19.3 Å². The molecule has 1 amide bonds. The number of anilines is 1. The molecule has 0 bridgehead atoms. The Kier molecular flexibility index (Phi) is 5.56. The van der Waals surface area contributed by atoms with Crippen molar-refractivity contribution in [2.45, 2.75) is 44.9 Å². The van der Waals surface area contributed by atoms with Gasteiger partial charge in [0.15, 0.2) is 0 Å². The van der Waals surface area contributed by atoms with E-state index in [1.54, 1.807) is 24.5 Å². The molecule has 5 heteroatoms. The lowest BCUT2D eigenvalue weighted by Gasteiger charge is -2.23. The van der Waals surface area contributed by atoms with Gasteiger partial charge < -0.3 is 10.3 Å². The molecule has 1 aliphatic rings. The number of amides is 1. The van der Waals surface area contributed by atoms with E-state index < -0.39 is 5.91 Å². The number of nitrogens with zero attached hydrogens (tertiary/aromatic N) is 1. The summed E-state index contributed by atoms with van der Waals surface area (Å²) >= 11 is 0. The molecule has 1 saturated carbocycles. The fourth-order valence-corrected chi connectivity index (χ4v) is 4.03. The maximum absolute atomic E-state index is 13.0. The summed E-state index contributed by atoms with van der Waals surface area (Å²) < 4.78 is 0. The van der Waals surface area contributed by atoms with Gasteiger partial charge in [0.25, 0.3) is 11.5 Å². The quantitative estimate of drug-likeness (QED) is 0.658. The minimum absolute atomic E-state index is 0.136. The number of carbonyl (C=O) groups excluding carboxylic acids is 1. The Hall–Kier alpha value is -3.21. The van der Waals surface area contributed by atoms with Crippen molar-refractivity contribution in [3.63, 3.8) is 0 Å². The molecule has 2 heterocycles. The van der Waals surface area contributed by atoms with Crippen LogP contribution < -0.4 is 10.9 Å². The van der Waals surface area contributed by atoms with Gasteiger partial charge in [-0.05, 0) is 49.4 Å². The zero-order valence-corrected chi connectivity index (χ0v) is 16.6. The molecule has 0 saturated heterocycles. The molecular weight excluding hydrogens is 362 g/mol. The summed E-state index contributed by atoms with van der Waals surface area (Å²) in [6, 6.07) is 13.4. The van der Waals surface area contributed by atoms with Gasteiger partial charge in [-0.2, -0.15) is 0 Å². The predicted octanol–water partition coefficient (Wildman–Crippen LogP) is 5.05. The maximum Gasteiger partial charge on any atom is 0.261 e. The van der Waals surface area contributed by atoms with Gasteiger partial charge in [0.2, 0.25) is 0 Å². The SMILES string of the molecule is Cc1ccc(-c2cc(C3CCCCC3)[nH]c(=O)c2C(=O)Nc2cccnc2)cc1. The van der Waals surface area contributed by atoms with Gasteiger partial charge in [-0.15, -0.1) is 0 Å². The van der Waals surface area contributed by atoms with E-state index in [0.29, 0.717) is 17.2 Å². The standard InChI is InChI=1S/C24H25N3O2/c1-16-9-11-17(12-10-16)20-14-21(18-6-3-2-4-7-18)27-24(29)22(20)23(28)26-19-8-5-13-25-15-19/h5,8-15,18H,2-4,6-7H2,1H3,(H,26,28)(H,27,29). The minimum atomic E-state index is -0.426. The molecule has 0 aliphatic heterocycles. The molecule has 0 unspecified atom stereocenters. The van der Waals surface area contributed by atoms with Gasteiger partial charge in [-0.25, -0.2) is 0 Å². The average molecular weight is 387 g/mol. The van der Waals surface area contributed by atoms with Gasteiger partial charge in [-0.3, -0.25) is 14.6 Å². The van der Waals surface area contributed by atoms with Gasteiger partial charge in [0.1, 0.15) is 5.56 Å². The van der Waals surface area contributed by atoms with Crippen molar-refractivity contribution in [1.29, 1.82) is 0 Å². The van der Waals surface area contributed by atoms with Crippen LogP contribution in [0.5, 0.6) is 0 Å². The number of hydrogen-bond donors (Lipinski definition) is 2. The third-order valence-electron chi connectivity index (χ3n) is 5.61. The Morgan fingerprint density at radius 2 is 1.86 bits per heavy atom. The highest BCUT2D eigenvalue weighted by Crippen LogP contribution is 2.33. The molecule has 5 nitrogen and oxygen atoms in total. The smallest absolute Gasteiger partial charge is 0.261 e. The highest BCUT2D eigenvalue weighted by molar-refractivity contribution is 6.08. The Morgan fingerprint density at radius 1 is 1.10 bits per heavy atom. The van der Waals surface area contributed by atoms with Crippen LogP contribution in [0.2, 0.25) is 0 Å². The van der Waals surface area contributed by atoms with Crippen molar-refractivity contribution in [3.8, 4) is 11.1 Å². The van der Waals surface area contributed by atoms with Crippen molar-refractivity contribution in [2.75, 3.05) is 5.32 Å². The molecule has 0 spiro atoms. The van der Waals surface area contributed by atoms with Gasteiger partial charge in [0, 0.05) is 17.5 Å². The second-order valence-electron chi connectivity index (χ2n) is 7.74. The number of pyridine rings is 2. The zero-order valence-electron chi connectivity index (χ0n) is 16.6. The summed E-state index contributed by atoms with van der Waals surface area (Å²) in [5, 5.41) is 2.80. The summed E-state index contributed by atoms with van der Waals surface area (Å²) in [7, 11) is 0. The van der Waals surface area contributed by atoms with Crippen LogP contribution in [-0.2, 0) is 0 Å². The molecule has 0 radical (unpaired) electrons. The lowest BCUT2D eigenvalue weighted by molar-refractivity contribution is 0.102. The van der Waals surface area contributed by atoms with E-state index in [0.717, 1.165) is 29.7 Å². The first-order valence-electron chi connectivity index (χ1n) is 10.2. The second-order valence-corrected chi connectivity index (χ2v) is 7.74. The Balaban J connectivity index is 1.79. The molecule has 2 aromatic heterocycles. The van der Waals surface area contributed by atoms with Crippen LogP contribution >= 0.6 is 0 Å². The number of rotatable bonds is 4. The number of aromatic nitrogens is 2. The summed E-state index contributed by atoms with van der Waals surface area (Å²) in [5.74, 6) is -0.0823. The van der Waals surface area contributed by atoms with Crippen LogP contribution in [0.3, 0.4) is 0 Å². The lowest BCUT2D eigenvalue weighted by Crippen LogP contribution is -2.26. The number of benzene rings is 1. The summed E-state index contributed by atoms with van der Waals surface area (Å²) in [5.41, 5.74) is 3.96. The van der Waals surface area contributed by atoms with Crippen molar-refractivity contribution >= 4 is 11.6 Å². The van der Waals surface area contributed by atoms with Crippen LogP contribution in [0.25, 0.3) is 11.1 Å². The normalized spacial score (nSPS) is 14.5. The third-order valence-corrected chi connectivity index (χ3v) is 5.61. The molecule has 29 heavy (non-hydrogen) atoms. The highest BCUT2D eigenvalue weighted by Gasteiger charge is 2.23. The number of aryl methyl sites for hydroxylation is 1. The van der Waals surface area contributed by atoms with E-state index >= 15 is 0 Å². The molecule has 148 valence electrons. The van der Waals surface area contributed by atoms with Gasteiger partial charge >= 0.3 is 0 Å². The van der Waals surface area contributed by atoms with Crippen molar-refractivity contribution in [2.24, 2.45) is 0 Å². The summed E-state index contributed by atoms with van der Waals surface area (Å²) in [6.45, 7) is 2.02. The highest BCUT2D eigenvalue weighted by atomic mass is 16.2. The van der Waals surface area contributed by atoms with Crippen LogP contribution in [-0.4, -0.2) is 15.9 Å². The molecule has 3 aromatic rings. The number of carbonyl (C=O) groups is 1. The molecular formula is C24H25N3O2. The van der Waals surface area contributed by atoms with Crippen molar-refractivity contribution in [1.82, 2.24) is 9.97 Å². The average Bonchev–Trinajstić information content (AvgIpc) is 2.75. The maximum atomic E-state index is 13.0. The van der Waals surface area contributed by atoms with Crippen LogP contribution in [0.4, 0.5) is 5.69 Å². The van der Waals surface area contributed by atoms with E-state index in [9.17, 15) is 9.59 Å². The van der Waals surface area contributed by atoms with Crippen molar-refractivity contribution in [3.05, 3.63) is 82.0 Å². The first-order valence-corrected chi connectivity index (χ1v) is 10.2. The van der Waals surface area contributed by atoms with E-state index in [1.807, 2.05) is 37.3 Å². The second kappa shape index (κ2) is 8.43. The largest absolute Gasteiger partial charge is 0.325 e. The van der Waals surface area contributed by atoms with Crippen LogP contribution in [0.15, 0.2) is 59.7 Å². The fraction of sp³-hybridized carbons (Fsp3) is 0.292. The fourth-order valence-electron chi connectivity index (χ4n) is 4.03. The zero-order chi connectivity index (χ0) is 20.2. The van der Waals surface area contributed by atoms with Gasteiger partial charge in [-0.1, -0.05) is 49.1 Å². The summed E-state index contributed by atoms with van der Waals surface area (Å²) in [4.78, 5) is 33.1. The van der Waals surface area contributed by atoms with Crippen LogP contribution in [0.1, 0.15) is 59.6 Å². The van der Waals surface area contributed by atoms with Gasteiger partial charge in [0.05, 0.1) is 11.9 Å². The van der Waals surface area contributed by atoms with E-state index in [4.69, 9.17) is 0 Å². The first-order chi connectivity index (χ1) is 14.1. The van der Waals surface area contributed by atoms with E-state index in [2.05, 4.69) is 15.3 Å². The number of aromatic amines is 1. The minimum Gasteiger partial charge on any atom is -0.325 e. The Labute approximate surface area is 170 Å². The third kappa shape index (κ3) is 4.29. The van der Waals surface area contributed by atoms with Crippen LogP contribution in [0, 0.1) is 6.92 Å². The monoisotopic (exact) mass is 387 g/mol. The molecule has 1 fully saturated rings. The molecule has 2 N–H and O–H groups in total. The Morgan fingerprint density at radius 3 is 2.55 bits per heavy atom. The first kappa shape index (κ1) is 19.1. The number of H-pyrrole nitrogens is 1. The Bertz CT molecular complexity index is 1050. The lowest BCUT2D eigenvalue weighted by atomic mass is 9.85. The molecule has 1 aliphatic carbocycles. The van der Waals surface area contributed by atoms with E-state index in [-0.39, 0.29) is 11.1 Å². The molecule has 0 atom stereocenters. The molecule has 1 aromatic carbocycles. The number of hydrogen-bond acceptors (Lipinski definition) is 3. The number of nitrogens with one attached hydrogen (secondary N) is 2. The predicted molar refractivity (Wildman–Crippen MR) is 115 cm³/mol. The molecule has 4 rings (SSSR count). The van der Waals surface area contributed by atoms with Crippen molar-refractivity contribution < 1.29 is 4.79 Å². The summed E-state index contributed by atoms with van der Waals surface area (Å²) in [6.07, 6.45) is 8.95. The topological polar surface area (TPSA) is 74.8 Å².